The number of nitrogens with zero attached hydrogens (tertiary/aromatic N) is 1. The normalized spacial score (nSPS) is 22.0. The summed E-state index contributed by atoms with van der Waals surface area (Å²) in [4.78, 5) is 2.39. The highest BCUT2D eigenvalue weighted by Gasteiger charge is 2.36. The van der Waals surface area contributed by atoms with Crippen LogP contribution in [0.15, 0.2) is 18.2 Å². The lowest BCUT2D eigenvalue weighted by Gasteiger charge is -2.35. The van der Waals surface area contributed by atoms with Crippen molar-refractivity contribution < 1.29 is 4.74 Å². The van der Waals surface area contributed by atoms with Crippen LogP contribution in [0.25, 0.3) is 0 Å². The van der Waals surface area contributed by atoms with Crippen molar-refractivity contribution in [3.05, 3.63) is 29.3 Å². The maximum absolute atomic E-state index is 5.71. The predicted molar refractivity (Wildman–Crippen MR) is 90.2 cm³/mol. The molecule has 1 aromatic rings. The molecule has 1 N–H and O–H groups in total. The molecule has 0 saturated carbocycles. The van der Waals surface area contributed by atoms with Crippen LogP contribution < -0.4 is 10.2 Å². The van der Waals surface area contributed by atoms with Crippen LogP contribution >= 0.6 is 0 Å². The first-order valence-corrected chi connectivity index (χ1v) is 8.01. The summed E-state index contributed by atoms with van der Waals surface area (Å²) in [5.74, 6) is 0. The van der Waals surface area contributed by atoms with E-state index >= 15 is 0 Å². The zero-order chi connectivity index (χ0) is 15.5. The molecule has 1 saturated heterocycles. The van der Waals surface area contributed by atoms with E-state index < -0.39 is 0 Å². The second-order valence-corrected chi connectivity index (χ2v) is 6.98. The average molecular weight is 290 g/mol. The van der Waals surface area contributed by atoms with Gasteiger partial charge in [-0.3, -0.25) is 0 Å². The van der Waals surface area contributed by atoms with Crippen LogP contribution in [0.4, 0.5) is 5.69 Å². The van der Waals surface area contributed by atoms with Gasteiger partial charge in [0, 0.05) is 43.9 Å². The molecule has 1 aliphatic rings. The molecular weight excluding hydrogens is 260 g/mol. The van der Waals surface area contributed by atoms with Crippen molar-refractivity contribution in [3.63, 3.8) is 0 Å². The summed E-state index contributed by atoms with van der Waals surface area (Å²) in [6.07, 6.45) is 1.14. The Balaban J connectivity index is 2.09. The Bertz CT molecular complexity index is 464. The van der Waals surface area contributed by atoms with Gasteiger partial charge in [0.05, 0.1) is 6.61 Å². The molecule has 0 radical (unpaired) electrons. The Morgan fingerprint density at radius 2 is 2.10 bits per heavy atom. The molecule has 0 bridgehead atoms. The van der Waals surface area contributed by atoms with Crippen LogP contribution in [0.3, 0.4) is 0 Å². The SMILES string of the molecule is Cc1ccc(N(C)CC2(CNC(C)C)CCOC2)c(C)c1. The maximum Gasteiger partial charge on any atom is 0.0552 e. The first-order chi connectivity index (χ1) is 9.92. The quantitative estimate of drug-likeness (QED) is 0.871. The Labute approximate surface area is 129 Å². The molecule has 0 amide bonds. The number of rotatable bonds is 6. The minimum Gasteiger partial charge on any atom is -0.381 e. The number of aryl methyl sites for hydroxylation is 2. The lowest BCUT2D eigenvalue weighted by atomic mass is 9.86. The van der Waals surface area contributed by atoms with Crippen molar-refractivity contribution >= 4 is 5.69 Å². The zero-order valence-corrected chi connectivity index (χ0v) is 14.2. The summed E-state index contributed by atoms with van der Waals surface area (Å²) < 4.78 is 5.71. The van der Waals surface area contributed by atoms with Crippen LogP contribution in [0.2, 0.25) is 0 Å². The van der Waals surface area contributed by atoms with Crippen molar-refractivity contribution in [1.29, 1.82) is 0 Å². The molecule has 118 valence electrons. The highest BCUT2D eigenvalue weighted by molar-refractivity contribution is 5.54. The van der Waals surface area contributed by atoms with Crippen LogP contribution in [0, 0.1) is 19.3 Å². The van der Waals surface area contributed by atoms with Crippen LogP contribution in [0.1, 0.15) is 31.4 Å². The Morgan fingerprint density at radius 1 is 1.33 bits per heavy atom. The number of benzene rings is 1. The van der Waals surface area contributed by atoms with Gasteiger partial charge in [-0.15, -0.1) is 0 Å². The van der Waals surface area contributed by atoms with Gasteiger partial charge in [0.15, 0.2) is 0 Å². The Hall–Kier alpha value is -1.06. The summed E-state index contributed by atoms with van der Waals surface area (Å²) in [7, 11) is 2.20. The third kappa shape index (κ3) is 4.21. The molecule has 0 aromatic heterocycles. The molecule has 1 aliphatic heterocycles. The van der Waals surface area contributed by atoms with E-state index in [1.165, 1.54) is 16.8 Å². The molecule has 1 fully saturated rings. The van der Waals surface area contributed by atoms with Crippen molar-refractivity contribution in [2.45, 2.75) is 40.2 Å². The zero-order valence-electron chi connectivity index (χ0n) is 14.2. The fraction of sp³-hybridized carbons (Fsp3) is 0.667. The maximum atomic E-state index is 5.71. The predicted octanol–water partition coefficient (Wildman–Crippen LogP) is 3.14. The van der Waals surface area contributed by atoms with Crippen molar-refractivity contribution in [1.82, 2.24) is 5.32 Å². The van der Waals surface area contributed by atoms with E-state index in [1.54, 1.807) is 0 Å². The van der Waals surface area contributed by atoms with Crippen LogP contribution in [0.5, 0.6) is 0 Å². The fourth-order valence-electron chi connectivity index (χ4n) is 3.21. The van der Waals surface area contributed by atoms with Gasteiger partial charge in [-0.05, 0) is 31.9 Å². The van der Waals surface area contributed by atoms with Gasteiger partial charge in [-0.1, -0.05) is 31.5 Å². The van der Waals surface area contributed by atoms with E-state index in [1.807, 2.05) is 0 Å². The largest absolute Gasteiger partial charge is 0.381 e. The van der Waals surface area contributed by atoms with Crippen molar-refractivity contribution in [2.75, 3.05) is 38.3 Å². The van der Waals surface area contributed by atoms with E-state index in [4.69, 9.17) is 4.74 Å². The highest BCUT2D eigenvalue weighted by atomic mass is 16.5. The summed E-state index contributed by atoms with van der Waals surface area (Å²) in [6, 6.07) is 7.22. The molecular formula is C18H30N2O. The van der Waals surface area contributed by atoms with Crippen molar-refractivity contribution in [3.8, 4) is 0 Å². The third-order valence-corrected chi connectivity index (χ3v) is 4.41. The van der Waals surface area contributed by atoms with Gasteiger partial charge in [-0.25, -0.2) is 0 Å². The first-order valence-electron chi connectivity index (χ1n) is 8.01. The summed E-state index contributed by atoms with van der Waals surface area (Å²) >= 11 is 0. The summed E-state index contributed by atoms with van der Waals surface area (Å²) in [6.45, 7) is 12.6. The number of ether oxygens (including phenoxy) is 1. The molecule has 1 atom stereocenters. The molecule has 1 unspecified atom stereocenters. The lowest BCUT2D eigenvalue weighted by molar-refractivity contribution is 0.151. The van der Waals surface area contributed by atoms with Gasteiger partial charge < -0.3 is 15.0 Å². The number of hydrogen-bond acceptors (Lipinski definition) is 3. The van der Waals surface area contributed by atoms with Gasteiger partial charge in [0.2, 0.25) is 0 Å². The fourth-order valence-corrected chi connectivity index (χ4v) is 3.21. The lowest BCUT2D eigenvalue weighted by Crippen LogP contribution is -2.45. The molecule has 1 aromatic carbocycles. The molecule has 3 nitrogen and oxygen atoms in total. The number of hydrogen-bond donors (Lipinski definition) is 1. The van der Waals surface area contributed by atoms with Crippen LogP contribution in [-0.2, 0) is 4.74 Å². The van der Waals surface area contributed by atoms with Crippen LogP contribution in [-0.4, -0.2) is 39.4 Å². The van der Waals surface area contributed by atoms with Gasteiger partial charge in [-0.2, -0.15) is 0 Å². The van der Waals surface area contributed by atoms with Crippen molar-refractivity contribution in [2.24, 2.45) is 5.41 Å². The second-order valence-electron chi connectivity index (χ2n) is 6.98. The van der Waals surface area contributed by atoms with Gasteiger partial charge in [0.1, 0.15) is 0 Å². The molecule has 0 spiro atoms. The standard InChI is InChI=1S/C18H30N2O/c1-14(2)19-11-18(8-9-21-13-18)12-20(5)17-7-6-15(3)10-16(17)4/h6-7,10,14,19H,8-9,11-13H2,1-5H3. The monoisotopic (exact) mass is 290 g/mol. The molecule has 1 heterocycles. The first kappa shape index (κ1) is 16.3. The Morgan fingerprint density at radius 3 is 2.67 bits per heavy atom. The highest BCUT2D eigenvalue weighted by Crippen LogP contribution is 2.31. The van der Waals surface area contributed by atoms with Gasteiger partial charge >= 0.3 is 0 Å². The van der Waals surface area contributed by atoms with E-state index in [2.05, 4.69) is 63.2 Å². The van der Waals surface area contributed by atoms with E-state index in [-0.39, 0.29) is 5.41 Å². The number of anilines is 1. The second kappa shape index (κ2) is 6.80. The van der Waals surface area contributed by atoms with E-state index in [0.717, 1.165) is 32.7 Å². The molecule has 21 heavy (non-hydrogen) atoms. The minimum atomic E-state index is 0.232. The third-order valence-electron chi connectivity index (χ3n) is 4.41. The molecule has 3 heteroatoms. The summed E-state index contributed by atoms with van der Waals surface area (Å²) in [5.41, 5.74) is 4.24. The smallest absolute Gasteiger partial charge is 0.0552 e. The topological polar surface area (TPSA) is 24.5 Å². The summed E-state index contributed by atoms with van der Waals surface area (Å²) in [5, 5.41) is 3.60. The van der Waals surface area contributed by atoms with Gasteiger partial charge in [0.25, 0.3) is 0 Å². The average Bonchev–Trinajstić information content (AvgIpc) is 2.85. The van der Waals surface area contributed by atoms with E-state index in [9.17, 15) is 0 Å². The molecule has 0 aliphatic carbocycles. The molecule has 2 rings (SSSR count). The Kier molecular flexibility index (Phi) is 5.28. The number of nitrogens with one attached hydrogen (secondary N) is 1. The minimum absolute atomic E-state index is 0.232. The van der Waals surface area contributed by atoms with E-state index in [0.29, 0.717) is 6.04 Å².